The van der Waals surface area contributed by atoms with E-state index >= 15 is 0 Å². The van der Waals surface area contributed by atoms with Gasteiger partial charge in [0.05, 0.1) is 17.1 Å². The fourth-order valence-corrected chi connectivity index (χ4v) is 2.27. The van der Waals surface area contributed by atoms with Crippen LogP contribution in [0.4, 0.5) is 11.4 Å². The van der Waals surface area contributed by atoms with Gasteiger partial charge >= 0.3 is 0 Å². The van der Waals surface area contributed by atoms with Gasteiger partial charge in [-0.25, -0.2) is 0 Å². The molecule has 0 spiro atoms. The van der Waals surface area contributed by atoms with Gasteiger partial charge in [-0.2, -0.15) is 0 Å². The number of benzene rings is 2. The van der Waals surface area contributed by atoms with Crippen LogP contribution in [0.2, 0.25) is 0 Å². The lowest BCUT2D eigenvalue weighted by atomic mass is 10.1. The van der Waals surface area contributed by atoms with Crippen molar-refractivity contribution < 1.29 is 14.5 Å². The summed E-state index contributed by atoms with van der Waals surface area (Å²) in [5.41, 5.74) is 1.13. The van der Waals surface area contributed by atoms with Crippen molar-refractivity contribution in [3.8, 4) is 5.75 Å². The lowest BCUT2D eigenvalue weighted by Crippen LogP contribution is -2.15. The molecule has 2 rings (SSSR count). The second-order valence-corrected chi connectivity index (χ2v) is 6.26. The molecule has 6 heteroatoms. The van der Waals surface area contributed by atoms with E-state index in [9.17, 15) is 14.9 Å². The third-order valence-electron chi connectivity index (χ3n) is 3.68. The van der Waals surface area contributed by atoms with Crippen LogP contribution in [-0.2, 0) is 0 Å². The van der Waals surface area contributed by atoms with Crippen LogP contribution in [0, 0.1) is 23.0 Å². The molecule has 0 radical (unpaired) electrons. The molecule has 0 aromatic heterocycles. The van der Waals surface area contributed by atoms with Crippen LogP contribution in [0.5, 0.6) is 5.75 Å². The minimum absolute atomic E-state index is 0.133. The molecule has 0 unspecified atom stereocenters. The summed E-state index contributed by atoms with van der Waals surface area (Å²) >= 11 is 0. The summed E-state index contributed by atoms with van der Waals surface area (Å²) in [5.74, 6) is 0.527. The largest absolute Gasteiger partial charge is 0.493 e. The summed E-state index contributed by atoms with van der Waals surface area (Å²) in [4.78, 5) is 23.3. The Morgan fingerprint density at radius 1 is 1.24 bits per heavy atom. The molecule has 1 N–H and O–H groups in total. The number of anilines is 1. The van der Waals surface area contributed by atoms with Gasteiger partial charge in [0.1, 0.15) is 11.4 Å². The van der Waals surface area contributed by atoms with Crippen molar-refractivity contribution in [2.45, 2.75) is 27.2 Å². The van der Waals surface area contributed by atoms with E-state index in [1.54, 1.807) is 37.3 Å². The number of nitrogens with one attached hydrogen (secondary N) is 1. The first-order valence-corrected chi connectivity index (χ1v) is 8.16. The third kappa shape index (κ3) is 5.04. The van der Waals surface area contributed by atoms with E-state index in [1.807, 2.05) is 0 Å². The van der Waals surface area contributed by atoms with E-state index in [1.165, 1.54) is 12.1 Å². The van der Waals surface area contributed by atoms with Gasteiger partial charge < -0.3 is 10.1 Å². The van der Waals surface area contributed by atoms with Crippen LogP contribution >= 0.6 is 0 Å². The lowest BCUT2D eigenvalue weighted by molar-refractivity contribution is -0.384. The van der Waals surface area contributed by atoms with Gasteiger partial charge in [0.15, 0.2) is 0 Å². The summed E-state index contributed by atoms with van der Waals surface area (Å²) in [6, 6.07) is 11.6. The molecule has 0 saturated heterocycles. The van der Waals surface area contributed by atoms with E-state index in [-0.39, 0.29) is 11.4 Å². The quantitative estimate of drug-likeness (QED) is 0.590. The number of ether oxygens (including phenoxy) is 1. The molecule has 0 aliphatic carbocycles. The first-order valence-electron chi connectivity index (χ1n) is 8.16. The SMILES string of the molecule is Cc1ccc(NC(=O)c2ccccc2OCCC(C)C)c([N+](=O)[O-])c1. The van der Waals surface area contributed by atoms with Crippen molar-refractivity contribution >= 4 is 17.3 Å². The number of nitro groups is 1. The maximum atomic E-state index is 12.6. The number of aryl methyl sites for hydroxylation is 1. The van der Waals surface area contributed by atoms with Crippen LogP contribution in [0.15, 0.2) is 42.5 Å². The van der Waals surface area contributed by atoms with Gasteiger partial charge in [-0.15, -0.1) is 0 Å². The first-order chi connectivity index (χ1) is 11.9. The fraction of sp³-hybridized carbons (Fsp3) is 0.316. The topological polar surface area (TPSA) is 81.5 Å². The Morgan fingerprint density at radius 3 is 2.64 bits per heavy atom. The fourth-order valence-electron chi connectivity index (χ4n) is 2.27. The van der Waals surface area contributed by atoms with Crippen LogP contribution in [-0.4, -0.2) is 17.4 Å². The second kappa shape index (κ2) is 8.28. The van der Waals surface area contributed by atoms with E-state index in [0.29, 0.717) is 23.8 Å². The van der Waals surface area contributed by atoms with Gasteiger partial charge in [-0.1, -0.05) is 32.0 Å². The molecule has 1 amide bonds. The average molecular weight is 342 g/mol. The van der Waals surface area contributed by atoms with Crippen LogP contribution in [0.25, 0.3) is 0 Å². The summed E-state index contributed by atoms with van der Waals surface area (Å²) in [5, 5.41) is 13.8. The predicted molar refractivity (Wildman–Crippen MR) is 97.2 cm³/mol. The molecule has 2 aromatic rings. The number of hydrogen-bond donors (Lipinski definition) is 1. The molecule has 0 aliphatic rings. The number of rotatable bonds is 7. The molecule has 0 saturated carbocycles. The lowest BCUT2D eigenvalue weighted by Gasteiger charge is -2.13. The van der Waals surface area contributed by atoms with Crippen molar-refractivity contribution in [3.63, 3.8) is 0 Å². The number of hydrogen-bond acceptors (Lipinski definition) is 4. The molecule has 132 valence electrons. The zero-order valence-corrected chi connectivity index (χ0v) is 14.6. The van der Waals surface area contributed by atoms with Gasteiger partial charge in [-0.05, 0) is 43.0 Å². The first kappa shape index (κ1) is 18.4. The smallest absolute Gasteiger partial charge is 0.293 e. The highest BCUT2D eigenvalue weighted by molar-refractivity contribution is 6.07. The van der Waals surface area contributed by atoms with Gasteiger partial charge in [0.2, 0.25) is 0 Å². The van der Waals surface area contributed by atoms with Crippen molar-refractivity contribution in [3.05, 3.63) is 63.7 Å². The Labute approximate surface area is 147 Å². The van der Waals surface area contributed by atoms with E-state index < -0.39 is 10.8 Å². The Hall–Kier alpha value is -2.89. The molecular weight excluding hydrogens is 320 g/mol. The zero-order valence-electron chi connectivity index (χ0n) is 14.6. The molecule has 25 heavy (non-hydrogen) atoms. The van der Waals surface area contributed by atoms with Gasteiger partial charge in [-0.3, -0.25) is 14.9 Å². The number of para-hydroxylation sites is 1. The van der Waals surface area contributed by atoms with Gasteiger partial charge in [0, 0.05) is 6.07 Å². The summed E-state index contributed by atoms with van der Waals surface area (Å²) in [6.07, 6.45) is 0.874. The highest BCUT2D eigenvalue weighted by Gasteiger charge is 2.19. The Morgan fingerprint density at radius 2 is 1.96 bits per heavy atom. The van der Waals surface area contributed by atoms with Crippen molar-refractivity contribution in [2.75, 3.05) is 11.9 Å². The van der Waals surface area contributed by atoms with Crippen LogP contribution in [0.1, 0.15) is 36.2 Å². The van der Waals surface area contributed by atoms with Crippen molar-refractivity contribution in [1.82, 2.24) is 0 Å². The minimum Gasteiger partial charge on any atom is -0.493 e. The zero-order chi connectivity index (χ0) is 18.4. The number of carbonyl (C=O) groups is 1. The Bertz CT molecular complexity index is 772. The highest BCUT2D eigenvalue weighted by atomic mass is 16.6. The molecule has 0 heterocycles. The number of amides is 1. The second-order valence-electron chi connectivity index (χ2n) is 6.26. The monoisotopic (exact) mass is 342 g/mol. The Balaban J connectivity index is 2.20. The predicted octanol–water partition coefficient (Wildman–Crippen LogP) is 4.58. The summed E-state index contributed by atoms with van der Waals surface area (Å²) in [7, 11) is 0. The summed E-state index contributed by atoms with van der Waals surface area (Å²) < 4.78 is 5.71. The van der Waals surface area contributed by atoms with Gasteiger partial charge in [0.25, 0.3) is 11.6 Å². The van der Waals surface area contributed by atoms with Crippen molar-refractivity contribution in [2.24, 2.45) is 5.92 Å². The molecule has 0 fully saturated rings. The van der Waals surface area contributed by atoms with E-state index in [2.05, 4.69) is 19.2 Å². The number of nitrogens with zero attached hydrogens (tertiary/aromatic N) is 1. The minimum atomic E-state index is -0.506. The molecule has 6 nitrogen and oxygen atoms in total. The maximum absolute atomic E-state index is 12.6. The molecule has 2 aromatic carbocycles. The van der Waals surface area contributed by atoms with Crippen molar-refractivity contribution in [1.29, 1.82) is 0 Å². The standard InChI is InChI=1S/C19H22N2O4/c1-13(2)10-11-25-18-7-5-4-6-15(18)19(22)20-16-9-8-14(3)12-17(16)21(23)24/h4-9,12-13H,10-11H2,1-3H3,(H,20,22). The molecule has 0 atom stereocenters. The maximum Gasteiger partial charge on any atom is 0.293 e. The number of carbonyl (C=O) groups excluding carboxylic acids is 1. The number of nitro benzene ring substituents is 1. The molecule has 0 aliphatic heterocycles. The van der Waals surface area contributed by atoms with E-state index in [4.69, 9.17) is 4.74 Å². The normalized spacial score (nSPS) is 10.6. The molecule has 0 bridgehead atoms. The van der Waals surface area contributed by atoms with E-state index in [0.717, 1.165) is 12.0 Å². The highest BCUT2D eigenvalue weighted by Crippen LogP contribution is 2.27. The third-order valence-corrected chi connectivity index (χ3v) is 3.68. The Kier molecular flexibility index (Phi) is 6.11. The molecular formula is C19H22N2O4. The average Bonchev–Trinajstić information content (AvgIpc) is 2.56. The van der Waals surface area contributed by atoms with Crippen LogP contribution in [0.3, 0.4) is 0 Å². The van der Waals surface area contributed by atoms with Crippen LogP contribution < -0.4 is 10.1 Å². The summed E-state index contributed by atoms with van der Waals surface area (Å²) in [6.45, 7) is 6.46.